The van der Waals surface area contributed by atoms with Crippen LogP contribution in [0.1, 0.15) is 52.4 Å². The van der Waals surface area contributed by atoms with Gasteiger partial charge in [-0.15, -0.1) is 0 Å². The second kappa shape index (κ2) is 6.27. The van der Waals surface area contributed by atoms with Gasteiger partial charge in [-0.3, -0.25) is 4.21 Å². The lowest BCUT2D eigenvalue weighted by atomic mass is 9.91. The summed E-state index contributed by atoms with van der Waals surface area (Å²) in [5.41, 5.74) is 0. The Labute approximate surface area is 95.5 Å². The summed E-state index contributed by atoms with van der Waals surface area (Å²) in [5, 5.41) is 9.14. The van der Waals surface area contributed by atoms with Gasteiger partial charge in [-0.1, -0.05) is 26.7 Å². The van der Waals surface area contributed by atoms with Gasteiger partial charge in [-0.25, -0.2) is 0 Å². The first kappa shape index (κ1) is 12.7. The maximum absolute atomic E-state index is 12.2. The minimum atomic E-state index is -0.787. The lowest BCUT2D eigenvalue weighted by molar-refractivity contribution is 0.388. The van der Waals surface area contributed by atoms with Crippen molar-refractivity contribution in [1.82, 2.24) is 0 Å². The Balaban J connectivity index is 2.54. The van der Waals surface area contributed by atoms with Crippen LogP contribution in [-0.4, -0.2) is 14.7 Å². The predicted molar refractivity (Wildman–Crippen MR) is 63.9 cm³/mol. The van der Waals surface area contributed by atoms with E-state index in [4.69, 9.17) is 5.26 Å². The summed E-state index contributed by atoms with van der Waals surface area (Å²) in [7, 11) is -0.787. The molecule has 0 aromatic heterocycles. The first-order valence-corrected chi connectivity index (χ1v) is 7.23. The lowest BCUT2D eigenvalue weighted by Gasteiger charge is -2.28. The highest BCUT2D eigenvalue weighted by Gasteiger charge is 2.28. The molecule has 3 heteroatoms. The van der Waals surface area contributed by atoms with E-state index < -0.39 is 10.8 Å². The van der Waals surface area contributed by atoms with E-state index in [9.17, 15) is 4.21 Å². The van der Waals surface area contributed by atoms with Gasteiger partial charge in [0.25, 0.3) is 0 Å². The molecule has 0 aliphatic heterocycles. The second-order valence-corrected chi connectivity index (χ2v) is 6.61. The van der Waals surface area contributed by atoms with E-state index >= 15 is 0 Å². The van der Waals surface area contributed by atoms with E-state index in [2.05, 4.69) is 13.0 Å². The molecule has 0 aromatic carbocycles. The second-order valence-electron chi connectivity index (χ2n) is 4.61. The number of hydrogen-bond acceptors (Lipinski definition) is 2. The van der Waals surface area contributed by atoms with Crippen molar-refractivity contribution in [1.29, 1.82) is 5.26 Å². The van der Waals surface area contributed by atoms with E-state index in [1.807, 2.05) is 6.92 Å². The molecule has 15 heavy (non-hydrogen) atoms. The summed E-state index contributed by atoms with van der Waals surface area (Å²) in [6, 6.07) is 2.16. The van der Waals surface area contributed by atoms with Crippen molar-refractivity contribution in [3.63, 3.8) is 0 Å². The topological polar surface area (TPSA) is 40.9 Å². The van der Waals surface area contributed by atoms with Crippen LogP contribution in [0.15, 0.2) is 0 Å². The summed E-state index contributed by atoms with van der Waals surface area (Å²) >= 11 is 0. The number of nitriles is 1. The standard InChI is InChI=1S/C12H21NOS/c1-3-11(7-8-13)15(14)12-6-4-5-10(2)9-12/h10-12H,3-7,9H2,1-2H3. The highest BCUT2D eigenvalue weighted by molar-refractivity contribution is 7.86. The Bertz CT molecular complexity index is 259. The fraction of sp³-hybridized carbons (Fsp3) is 0.917. The molecule has 0 radical (unpaired) electrons. The van der Waals surface area contributed by atoms with E-state index in [0.717, 1.165) is 19.3 Å². The van der Waals surface area contributed by atoms with Gasteiger partial charge in [0.05, 0.1) is 6.07 Å². The highest BCUT2D eigenvalue weighted by atomic mass is 32.2. The minimum absolute atomic E-state index is 0.102. The Hall–Kier alpha value is -0.360. The van der Waals surface area contributed by atoms with Gasteiger partial charge in [-0.05, 0) is 25.2 Å². The van der Waals surface area contributed by atoms with Gasteiger partial charge in [0, 0.05) is 27.7 Å². The van der Waals surface area contributed by atoms with Gasteiger partial charge in [0.15, 0.2) is 0 Å². The van der Waals surface area contributed by atoms with Gasteiger partial charge in [0.2, 0.25) is 0 Å². The van der Waals surface area contributed by atoms with Crippen LogP contribution in [0, 0.1) is 17.2 Å². The number of hydrogen-bond donors (Lipinski definition) is 0. The molecular formula is C12H21NOS. The van der Waals surface area contributed by atoms with Crippen molar-refractivity contribution in [2.24, 2.45) is 5.92 Å². The molecule has 1 aliphatic carbocycles. The monoisotopic (exact) mass is 227 g/mol. The van der Waals surface area contributed by atoms with E-state index in [0.29, 0.717) is 17.6 Å². The minimum Gasteiger partial charge on any atom is -0.259 e. The van der Waals surface area contributed by atoms with E-state index in [-0.39, 0.29) is 5.25 Å². The molecule has 1 rings (SSSR count). The molecule has 1 fully saturated rings. The fourth-order valence-corrected chi connectivity index (χ4v) is 4.38. The zero-order chi connectivity index (χ0) is 11.3. The van der Waals surface area contributed by atoms with Crippen molar-refractivity contribution in [3.05, 3.63) is 0 Å². The van der Waals surface area contributed by atoms with Crippen molar-refractivity contribution < 1.29 is 4.21 Å². The van der Waals surface area contributed by atoms with Crippen molar-refractivity contribution >= 4 is 10.8 Å². The fourth-order valence-electron chi connectivity index (χ4n) is 2.35. The van der Waals surface area contributed by atoms with Crippen molar-refractivity contribution in [2.45, 2.75) is 62.9 Å². The van der Waals surface area contributed by atoms with Crippen LogP contribution in [0.25, 0.3) is 0 Å². The highest BCUT2D eigenvalue weighted by Crippen LogP contribution is 2.29. The molecule has 0 N–H and O–H groups in total. The SMILES string of the molecule is CCC(CC#N)S(=O)C1CCCC(C)C1. The Kier molecular flexibility index (Phi) is 5.31. The summed E-state index contributed by atoms with van der Waals surface area (Å²) in [4.78, 5) is 0. The summed E-state index contributed by atoms with van der Waals surface area (Å²) in [6.45, 7) is 4.28. The molecule has 4 unspecified atom stereocenters. The molecule has 1 aliphatic rings. The van der Waals surface area contributed by atoms with E-state index in [1.54, 1.807) is 0 Å². The molecule has 86 valence electrons. The lowest BCUT2D eigenvalue weighted by Crippen LogP contribution is -2.29. The maximum atomic E-state index is 12.2. The molecule has 1 saturated carbocycles. The first-order valence-electron chi connectivity index (χ1n) is 5.95. The Morgan fingerprint density at radius 3 is 2.80 bits per heavy atom. The molecular weight excluding hydrogens is 206 g/mol. The average molecular weight is 227 g/mol. The predicted octanol–water partition coefficient (Wildman–Crippen LogP) is 3.01. The molecule has 0 saturated heterocycles. The van der Waals surface area contributed by atoms with E-state index in [1.165, 1.54) is 12.8 Å². The largest absolute Gasteiger partial charge is 0.259 e. The third kappa shape index (κ3) is 3.61. The Morgan fingerprint density at radius 2 is 2.27 bits per heavy atom. The van der Waals surface area contributed by atoms with Crippen LogP contribution >= 0.6 is 0 Å². The van der Waals surface area contributed by atoms with Crippen LogP contribution in [0.5, 0.6) is 0 Å². The maximum Gasteiger partial charge on any atom is 0.0634 e. The van der Waals surface area contributed by atoms with Crippen LogP contribution in [-0.2, 0) is 10.8 Å². The summed E-state index contributed by atoms with van der Waals surface area (Å²) in [6.07, 6.45) is 6.00. The van der Waals surface area contributed by atoms with Gasteiger partial charge in [0.1, 0.15) is 0 Å². The molecule has 0 spiro atoms. The Morgan fingerprint density at radius 1 is 1.53 bits per heavy atom. The summed E-state index contributed by atoms with van der Waals surface area (Å²) < 4.78 is 12.2. The molecule has 4 atom stereocenters. The average Bonchev–Trinajstić information content (AvgIpc) is 2.25. The van der Waals surface area contributed by atoms with Gasteiger partial charge >= 0.3 is 0 Å². The van der Waals surface area contributed by atoms with Crippen LogP contribution in [0.2, 0.25) is 0 Å². The third-order valence-electron chi connectivity index (χ3n) is 3.32. The quantitative estimate of drug-likeness (QED) is 0.740. The molecule has 2 nitrogen and oxygen atoms in total. The zero-order valence-electron chi connectivity index (χ0n) is 9.74. The van der Waals surface area contributed by atoms with Crippen LogP contribution in [0.4, 0.5) is 0 Å². The molecule has 0 heterocycles. The summed E-state index contributed by atoms with van der Waals surface area (Å²) in [5.74, 6) is 0.715. The molecule has 0 bridgehead atoms. The van der Waals surface area contributed by atoms with Crippen LogP contribution in [0.3, 0.4) is 0 Å². The first-order chi connectivity index (χ1) is 7.19. The molecule has 0 aromatic rings. The number of rotatable bonds is 4. The van der Waals surface area contributed by atoms with Gasteiger partial charge < -0.3 is 0 Å². The van der Waals surface area contributed by atoms with Crippen LogP contribution < -0.4 is 0 Å². The zero-order valence-corrected chi connectivity index (χ0v) is 10.6. The molecule has 0 amide bonds. The van der Waals surface area contributed by atoms with Gasteiger partial charge in [-0.2, -0.15) is 5.26 Å². The smallest absolute Gasteiger partial charge is 0.0634 e. The number of nitrogens with zero attached hydrogens (tertiary/aromatic N) is 1. The van der Waals surface area contributed by atoms with Crippen molar-refractivity contribution in [2.75, 3.05) is 0 Å². The normalized spacial score (nSPS) is 30.5. The van der Waals surface area contributed by atoms with Crippen molar-refractivity contribution in [3.8, 4) is 6.07 Å². The third-order valence-corrected chi connectivity index (χ3v) is 5.56.